The van der Waals surface area contributed by atoms with Crippen molar-refractivity contribution in [3.05, 3.63) is 29.3 Å². The molecule has 116 valence electrons. The van der Waals surface area contributed by atoms with Crippen molar-refractivity contribution >= 4 is 11.6 Å². The van der Waals surface area contributed by atoms with Crippen LogP contribution in [0.15, 0.2) is 18.2 Å². The van der Waals surface area contributed by atoms with Gasteiger partial charge in [-0.1, -0.05) is 19.3 Å². The molecule has 0 spiro atoms. The molecule has 5 heteroatoms. The second-order valence-electron chi connectivity index (χ2n) is 5.56. The van der Waals surface area contributed by atoms with Crippen LogP contribution in [-0.2, 0) is 4.74 Å². The van der Waals surface area contributed by atoms with Gasteiger partial charge in [-0.2, -0.15) is 0 Å². The lowest BCUT2D eigenvalue weighted by atomic mass is 9.98. The van der Waals surface area contributed by atoms with Crippen LogP contribution in [0.5, 0.6) is 0 Å². The number of rotatable bonds is 6. The Labute approximate surface area is 126 Å². The van der Waals surface area contributed by atoms with Gasteiger partial charge in [-0.3, -0.25) is 10.6 Å². The molecule has 1 aromatic carbocycles. The first kappa shape index (κ1) is 15.8. The monoisotopic (exact) mass is 291 g/mol. The smallest absolute Gasteiger partial charge is 0.251 e. The standard InChI is InChI=1S/C16H25N3O2/c1-12-11-13(7-8-15(12)19-17)16(20)18-9-10-21-14-5-3-2-4-6-14/h7-8,11,14,19H,2-6,9-10,17H2,1H3,(H,18,20). The average Bonchev–Trinajstić information content (AvgIpc) is 2.52. The lowest BCUT2D eigenvalue weighted by molar-refractivity contribution is 0.0299. The molecule has 1 amide bonds. The summed E-state index contributed by atoms with van der Waals surface area (Å²) in [6, 6.07) is 5.40. The van der Waals surface area contributed by atoms with Crippen molar-refractivity contribution in [3.63, 3.8) is 0 Å². The van der Waals surface area contributed by atoms with Crippen LogP contribution in [-0.4, -0.2) is 25.2 Å². The van der Waals surface area contributed by atoms with Crippen molar-refractivity contribution in [2.75, 3.05) is 18.6 Å². The number of hydrogen-bond donors (Lipinski definition) is 3. The molecule has 1 fully saturated rings. The number of amides is 1. The van der Waals surface area contributed by atoms with E-state index in [9.17, 15) is 4.79 Å². The number of nitrogens with one attached hydrogen (secondary N) is 2. The average molecular weight is 291 g/mol. The normalized spacial score (nSPS) is 15.7. The van der Waals surface area contributed by atoms with Gasteiger partial charge in [0.05, 0.1) is 18.4 Å². The van der Waals surface area contributed by atoms with E-state index in [2.05, 4.69) is 10.7 Å². The first-order valence-electron chi connectivity index (χ1n) is 7.68. The molecule has 0 aromatic heterocycles. The summed E-state index contributed by atoms with van der Waals surface area (Å²) < 4.78 is 5.79. The third-order valence-electron chi connectivity index (χ3n) is 3.94. The molecule has 1 aliphatic carbocycles. The van der Waals surface area contributed by atoms with Crippen molar-refractivity contribution < 1.29 is 9.53 Å². The van der Waals surface area contributed by atoms with Crippen LogP contribution < -0.4 is 16.6 Å². The van der Waals surface area contributed by atoms with Crippen LogP contribution in [0.2, 0.25) is 0 Å². The molecule has 1 aromatic rings. The summed E-state index contributed by atoms with van der Waals surface area (Å²) in [4.78, 5) is 12.0. The van der Waals surface area contributed by atoms with E-state index in [1.807, 2.05) is 19.1 Å². The molecule has 5 nitrogen and oxygen atoms in total. The number of aryl methyl sites for hydroxylation is 1. The summed E-state index contributed by atoms with van der Waals surface area (Å²) in [7, 11) is 0. The molecular formula is C16H25N3O2. The van der Waals surface area contributed by atoms with E-state index >= 15 is 0 Å². The Hall–Kier alpha value is -1.59. The van der Waals surface area contributed by atoms with Gasteiger partial charge in [0.1, 0.15) is 0 Å². The van der Waals surface area contributed by atoms with Gasteiger partial charge in [0.2, 0.25) is 0 Å². The Kier molecular flexibility index (Phi) is 6.02. The molecule has 0 radical (unpaired) electrons. The maximum absolute atomic E-state index is 12.0. The topological polar surface area (TPSA) is 76.4 Å². The summed E-state index contributed by atoms with van der Waals surface area (Å²) in [5.74, 6) is 5.30. The van der Waals surface area contributed by atoms with Crippen molar-refractivity contribution in [3.8, 4) is 0 Å². The van der Waals surface area contributed by atoms with E-state index in [0.29, 0.717) is 24.8 Å². The lowest BCUT2D eigenvalue weighted by Crippen LogP contribution is -2.29. The van der Waals surface area contributed by atoms with E-state index < -0.39 is 0 Å². The lowest BCUT2D eigenvalue weighted by Gasteiger charge is -2.22. The number of ether oxygens (including phenoxy) is 1. The molecule has 2 rings (SSSR count). The molecular weight excluding hydrogens is 266 g/mol. The number of hydrogen-bond acceptors (Lipinski definition) is 4. The maximum atomic E-state index is 12.0. The molecule has 21 heavy (non-hydrogen) atoms. The van der Waals surface area contributed by atoms with Crippen molar-refractivity contribution in [2.45, 2.75) is 45.1 Å². The number of anilines is 1. The van der Waals surface area contributed by atoms with Gasteiger partial charge < -0.3 is 15.5 Å². The molecule has 0 unspecified atom stereocenters. The second kappa shape index (κ2) is 8.00. The van der Waals surface area contributed by atoms with Crippen molar-refractivity contribution in [2.24, 2.45) is 5.84 Å². The molecule has 1 saturated carbocycles. The largest absolute Gasteiger partial charge is 0.376 e. The summed E-state index contributed by atoms with van der Waals surface area (Å²) in [6.45, 7) is 3.04. The van der Waals surface area contributed by atoms with Gasteiger partial charge in [0.25, 0.3) is 5.91 Å². The van der Waals surface area contributed by atoms with E-state index in [1.54, 1.807) is 6.07 Å². The fourth-order valence-electron chi connectivity index (χ4n) is 2.69. The third kappa shape index (κ3) is 4.72. The zero-order valence-corrected chi connectivity index (χ0v) is 12.7. The van der Waals surface area contributed by atoms with Gasteiger partial charge in [-0.05, 0) is 43.5 Å². The summed E-state index contributed by atoms with van der Waals surface area (Å²) in [5.41, 5.74) is 5.01. The molecule has 0 bridgehead atoms. The third-order valence-corrected chi connectivity index (χ3v) is 3.94. The predicted molar refractivity (Wildman–Crippen MR) is 84.1 cm³/mol. The number of nitrogens with two attached hydrogens (primary N) is 1. The Balaban J connectivity index is 1.72. The Morgan fingerprint density at radius 1 is 1.33 bits per heavy atom. The minimum atomic E-state index is -0.0751. The Morgan fingerprint density at radius 3 is 2.76 bits per heavy atom. The molecule has 4 N–H and O–H groups in total. The Morgan fingerprint density at radius 2 is 2.10 bits per heavy atom. The first-order chi connectivity index (χ1) is 10.2. The SMILES string of the molecule is Cc1cc(C(=O)NCCOC2CCCCC2)ccc1NN. The minimum absolute atomic E-state index is 0.0751. The Bertz CT molecular complexity index is 471. The minimum Gasteiger partial charge on any atom is -0.376 e. The first-order valence-corrected chi connectivity index (χ1v) is 7.68. The van der Waals surface area contributed by atoms with Crippen molar-refractivity contribution in [1.29, 1.82) is 0 Å². The van der Waals surface area contributed by atoms with Crippen LogP contribution in [0.3, 0.4) is 0 Å². The van der Waals surface area contributed by atoms with Crippen LogP contribution in [0, 0.1) is 6.92 Å². The van der Waals surface area contributed by atoms with Crippen LogP contribution in [0.4, 0.5) is 5.69 Å². The van der Waals surface area contributed by atoms with Crippen LogP contribution in [0.1, 0.15) is 48.0 Å². The number of hydrazine groups is 1. The molecule has 0 saturated heterocycles. The van der Waals surface area contributed by atoms with Gasteiger partial charge >= 0.3 is 0 Å². The number of carbonyl (C=O) groups excluding carboxylic acids is 1. The van der Waals surface area contributed by atoms with E-state index in [0.717, 1.165) is 24.1 Å². The number of carbonyl (C=O) groups is 1. The number of nitrogen functional groups attached to an aromatic ring is 1. The molecule has 0 heterocycles. The van der Waals surface area contributed by atoms with E-state index in [-0.39, 0.29) is 5.91 Å². The molecule has 0 aliphatic heterocycles. The summed E-state index contributed by atoms with van der Waals surface area (Å²) >= 11 is 0. The van der Waals surface area contributed by atoms with Crippen molar-refractivity contribution in [1.82, 2.24) is 5.32 Å². The fourth-order valence-corrected chi connectivity index (χ4v) is 2.69. The van der Waals surface area contributed by atoms with Gasteiger partial charge in [-0.25, -0.2) is 0 Å². The van der Waals surface area contributed by atoms with Gasteiger partial charge in [0.15, 0.2) is 0 Å². The van der Waals surface area contributed by atoms with Gasteiger partial charge in [0, 0.05) is 12.1 Å². The highest BCUT2D eigenvalue weighted by Crippen LogP contribution is 2.20. The zero-order valence-electron chi connectivity index (χ0n) is 12.7. The fraction of sp³-hybridized carbons (Fsp3) is 0.562. The highest BCUT2D eigenvalue weighted by atomic mass is 16.5. The van der Waals surface area contributed by atoms with E-state index in [1.165, 1.54) is 19.3 Å². The van der Waals surface area contributed by atoms with Crippen LogP contribution >= 0.6 is 0 Å². The predicted octanol–water partition coefficient (Wildman–Crippen LogP) is 2.36. The summed E-state index contributed by atoms with van der Waals surface area (Å²) in [5, 5.41) is 2.89. The molecule has 0 atom stereocenters. The van der Waals surface area contributed by atoms with Gasteiger partial charge in [-0.15, -0.1) is 0 Å². The highest BCUT2D eigenvalue weighted by molar-refractivity contribution is 5.94. The zero-order chi connectivity index (χ0) is 15.1. The maximum Gasteiger partial charge on any atom is 0.251 e. The summed E-state index contributed by atoms with van der Waals surface area (Å²) in [6.07, 6.45) is 6.54. The van der Waals surface area contributed by atoms with E-state index in [4.69, 9.17) is 10.6 Å². The number of benzene rings is 1. The quantitative estimate of drug-likeness (QED) is 0.427. The molecule has 1 aliphatic rings. The second-order valence-corrected chi connectivity index (χ2v) is 5.56. The highest BCUT2D eigenvalue weighted by Gasteiger charge is 2.13. The van der Waals surface area contributed by atoms with Crippen LogP contribution in [0.25, 0.3) is 0 Å².